The average molecular weight is 494 g/mol. The molecule has 3 aliphatic rings. The number of fused-ring (bicyclic) bond motifs is 4. The SMILES string of the molecule is COC1=CC(=O)c2c(O)c3c(c(O)c2C1=O)O[C@]1(CCc2cc4cc(C)oc(=O)c4c(O)c2O1)C3O. The van der Waals surface area contributed by atoms with Crippen LogP contribution in [-0.4, -0.2) is 44.9 Å². The number of carbonyl (C=O) groups is 2. The first kappa shape index (κ1) is 22.0. The van der Waals surface area contributed by atoms with E-state index < -0.39 is 63.2 Å². The minimum Gasteiger partial charge on any atom is -0.507 e. The highest BCUT2D eigenvalue weighted by molar-refractivity contribution is 6.26. The minimum atomic E-state index is -1.95. The number of ether oxygens (including phenoxy) is 3. The molecule has 4 N–H and O–H groups in total. The van der Waals surface area contributed by atoms with Gasteiger partial charge in [-0.25, -0.2) is 4.79 Å². The van der Waals surface area contributed by atoms with E-state index in [0.717, 1.165) is 6.08 Å². The third kappa shape index (κ3) is 2.63. The number of carbonyl (C=O) groups excluding carboxylic acids is 2. The fourth-order valence-corrected chi connectivity index (χ4v) is 5.12. The normalized spacial score (nSPS) is 22.0. The van der Waals surface area contributed by atoms with Gasteiger partial charge in [-0.15, -0.1) is 0 Å². The molecular formula is C25H18O11. The number of rotatable bonds is 1. The first-order valence-corrected chi connectivity index (χ1v) is 10.9. The molecule has 11 heteroatoms. The highest BCUT2D eigenvalue weighted by atomic mass is 16.7. The van der Waals surface area contributed by atoms with Crippen LogP contribution in [0.4, 0.5) is 0 Å². The van der Waals surface area contributed by atoms with Gasteiger partial charge in [0, 0.05) is 12.5 Å². The summed E-state index contributed by atoms with van der Waals surface area (Å²) in [4.78, 5) is 37.8. The van der Waals surface area contributed by atoms with Crippen molar-refractivity contribution >= 4 is 22.3 Å². The lowest BCUT2D eigenvalue weighted by atomic mass is 9.86. The van der Waals surface area contributed by atoms with Crippen LogP contribution in [0.5, 0.6) is 28.7 Å². The second-order valence-electron chi connectivity index (χ2n) is 8.84. The minimum absolute atomic E-state index is 0.00573. The number of Topliss-reactive ketones (excluding diaryl/α,β-unsaturated/α-hetero) is 1. The van der Waals surface area contributed by atoms with Gasteiger partial charge < -0.3 is 39.1 Å². The molecule has 3 aromatic rings. The number of benzene rings is 2. The van der Waals surface area contributed by atoms with Gasteiger partial charge in [0.1, 0.15) is 16.9 Å². The molecule has 36 heavy (non-hydrogen) atoms. The van der Waals surface area contributed by atoms with Gasteiger partial charge in [-0.1, -0.05) is 0 Å². The Labute approximate surface area is 201 Å². The lowest BCUT2D eigenvalue weighted by molar-refractivity contribution is -0.180. The first-order valence-electron chi connectivity index (χ1n) is 10.9. The topological polar surface area (TPSA) is 173 Å². The Bertz CT molecular complexity index is 1640. The molecule has 0 saturated heterocycles. The summed E-state index contributed by atoms with van der Waals surface area (Å²) < 4.78 is 21.8. The molecular weight excluding hydrogens is 476 g/mol. The maximum absolute atomic E-state index is 12.8. The number of allylic oxidation sites excluding steroid dienone is 2. The maximum atomic E-state index is 12.8. The molecule has 2 atom stereocenters. The van der Waals surface area contributed by atoms with Gasteiger partial charge in [-0.05, 0) is 36.4 Å². The third-order valence-electron chi connectivity index (χ3n) is 6.78. The molecule has 2 aromatic carbocycles. The van der Waals surface area contributed by atoms with Crippen LogP contribution in [0.15, 0.2) is 33.2 Å². The highest BCUT2D eigenvalue weighted by Crippen LogP contribution is 2.59. The Kier molecular flexibility index (Phi) is 4.28. The lowest BCUT2D eigenvalue weighted by Crippen LogP contribution is -2.47. The van der Waals surface area contributed by atoms with E-state index in [9.17, 15) is 34.8 Å². The Morgan fingerprint density at radius 3 is 2.44 bits per heavy atom. The van der Waals surface area contributed by atoms with Crippen molar-refractivity contribution in [3.8, 4) is 28.7 Å². The van der Waals surface area contributed by atoms with E-state index >= 15 is 0 Å². The average Bonchev–Trinajstić information content (AvgIpc) is 3.11. The van der Waals surface area contributed by atoms with Crippen molar-refractivity contribution in [2.45, 2.75) is 31.7 Å². The van der Waals surface area contributed by atoms with E-state index in [2.05, 4.69) is 0 Å². The highest BCUT2D eigenvalue weighted by Gasteiger charge is 2.56. The molecule has 0 bridgehead atoms. The number of methoxy groups -OCH3 is 1. The number of hydrogen-bond donors (Lipinski definition) is 4. The van der Waals surface area contributed by atoms with Crippen LogP contribution < -0.4 is 15.1 Å². The van der Waals surface area contributed by atoms with Crippen molar-refractivity contribution in [3.05, 3.63) is 62.4 Å². The van der Waals surface area contributed by atoms with E-state index in [1.54, 1.807) is 19.1 Å². The van der Waals surface area contributed by atoms with Crippen molar-refractivity contribution in [1.82, 2.24) is 0 Å². The Morgan fingerprint density at radius 1 is 1.00 bits per heavy atom. The van der Waals surface area contributed by atoms with Crippen LogP contribution in [0.1, 0.15) is 50.1 Å². The number of ketones is 2. The van der Waals surface area contributed by atoms with E-state index in [-0.39, 0.29) is 35.3 Å². The molecule has 1 aliphatic carbocycles. The summed E-state index contributed by atoms with van der Waals surface area (Å²) in [7, 11) is 1.17. The van der Waals surface area contributed by atoms with E-state index in [1.807, 2.05) is 0 Å². The molecule has 0 amide bonds. The fraction of sp³-hybridized carbons (Fsp3) is 0.240. The van der Waals surface area contributed by atoms with Crippen molar-refractivity contribution in [3.63, 3.8) is 0 Å². The molecule has 3 heterocycles. The Hall–Kier alpha value is -4.51. The molecule has 1 unspecified atom stereocenters. The van der Waals surface area contributed by atoms with Crippen molar-refractivity contribution < 1.29 is 48.6 Å². The Morgan fingerprint density at radius 2 is 1.72 bits per heavy atom. The second-order valence-corrected chi connectivity index (χ2v) is 8.84. The zero-order valence-electron chi connectivity index (χ0n) is 18.9. The molecule has 1 aromatic heterocycles. The number of hydrogen-bond acceptors (Lipinski definition) is 11. The Balaban J connectivity index is 1.50. The van der Waals surface area contributed by atoms with E-state index in [1.165, 1.54) is 7.11 Å². The van der Waals surface area contributed by atoms with Gasteiger partial charge in [-0.2, -0.15) is 0 Å². The van der Waals surface area contributed by atoms with Crippen LogP contribution in [0.2, 0.25) is 0 Å². The van der Waals surface area contributed by atoms with E-state index in [0.29, 0.717) is 16.7 Å². The summed E-state index contributed by atoms with van der Waals surface area (Å²) in [5.74, 6) is -6.24. The van der Waals surface area contributed by atoms with Gasteiger partial charge >= 0.3 is 5.63 Å². The molecule has 1 spiro atoms. The van der Waals surface area contributed by atoms with Crippen LogP contribution >= 0.6 is 0 Å². The predicted octanol–water partition coefficient (Wildman–Crippen LogP) is 2.27. The van der Waals surface area contributed by atoms with Gasteiger partial charge in [0.25, 0.3) is 5.79 Å². The van der Waals surface area contributed by atoms with Gasteiger partial charge in [0.15, 0.2) is 40.6 Å². The molecule has 0 saturated carbocycles. The van der Waals surface area contributed by atoms with Crippen LogP contribution in [0.3, 0.4) is 0 Å². The number of aryl methyl sites for hydroxylation is 2. The van der Waals surface area contributed by atoms with Crippen molar-refractivity contribution in [2.75, 3.05) is 7.11 Å². The van der Waals surface area contributed by atoms with Crippen LogP contribution in [0.25, 0.3) is 10.8 Å². The quantitative estimate of drug-likeness (QED) is 0.366. The lowest BCUT2D eigenvalue weighted by Gasteiger charge is -2.37. The zero-order chi connectivity index (χ0) is 25.7. The molecule has 2 aliphatic heterocycles. The maximum Gasteiger partial charge on any atom is 0.347 e. The second kappa shape index (κ2) is 7.01. The summed E-state index contributed by atoms with van der Waals surface area (Å²) in [5.41, 5.74) is -1.64. The summed E-state index contributed by atoms with van der Waals surface area (Å²) >= 11 is 0. The van der Waals surface area contributed by atoms with Crippen molar-refractivity contribution in [2.24, 2.45) is 0 Å². The summed E-state index contributed by atoms with van der Waals surface area (Å²) in [6.07, 6.45) is -0.666. The van der Waals surface area contributed by atoms with Gasteiger partial charge in [0.2, 0.25) is 5.78 Å². The molecule has 0 fully saturated rings. The summed E-state index contributed by atoms with van der Waals surface area (Å²) in [6, 6.07) is 3.24. The number of phenolic OH excluding ortho intramolecular Hbond substituents is 3. The predicted molar refractivity (Wildman–Crippen MR) is 120 cm³/mol. The zero-order valence-corrected chi connectivity index (χ0v) is 18.9. The largest absolute Gasteiger partial charge is 0.507 e. The molecule has 11 nitrogen and oxygen atoms in total. The molecule has 6 rings (SSSR count). The third-order valence-corrected chi connectivity index (χ3v) is 6.78. The number of phenols is 3. The standard InChI is InChI=1S/C25H18O11/c1-8-5-10-6-9-3-4-25(35-21(9)19(29)13(10)24(32)34-8)23(31)16-18(28)14-11(26)7-12(33-2)17(27)15(14)20(30)22(16)36-25/h5-7,23,28-31H,3-4H2,1-2H3/t23?,25-/m1/s1. The summed E-state index contributed by atoms with van der Waals surface area (Å²) in [6.45, 7) is 1.60. The van der Waals surface area contributed by atoms with Crippen LogP contribution in [-0.2, 0) is 11.2 Å². The number of aliphatic hydroxyl groups excluding tert-OH is 1. The van der Waals surface area contributed by atoms with E-state index in [4.69, 9.17) is 18.6 Å². The van der Waals surface area contributed by atoms with Gasteiger partial charge in [0.05, 0.1) is 23.8 Å². The number of aromatic hydroxyl groups is 3. The first-order chi connectivity index (χ1) is 17.1. The number of aliphatic hydroxyl groups is 1. The van der Waals surface area contributed by atoms with Crippen molar-refractivity contribution in [1.29, 1.82) is 0 Å². The molecule has 184 valence electrons. The van der Waals surface area contributed by atoms with Gasteiger partial charge in [-0.3, -0.25) is 9.59 Å². The smallest absolute Gasteiger partial charge is 0.347 e. The fourth-order valence-electron chi connectivity index (χ4n) is 5.12. The van der Waals surface area contributed by atoms with Crippen LogP contribution in [0, 0.1) is 6.92 Å². The monoisotopic (exact) mass is 494 g/mol. The molecule has 0 radical (unpaired) electrons. The summed E-state index contributed by atoms with van der Waals surface area (Å²) in [5, 5.41) is 44.2.